The number of hydrogen-bond donors (Lipinski definition) is 1. The lowest BCUT2D eigenvalue weighted by Crippen LogP contribution is -2.32. The summed E-state index contributed by atoms with van der Waals surface area (Å²) in [4.78, 5) is 12.2. The summed E-state index contributed by atoms with van der Waals surface area (Å²) < 4.78 is 24.3. The van der Waals surface area contributed by atoms with E-state index in [9.17, 15) is 14.4 Å². The molecular weight excluding hydrogens is 359 g/mol. The van der Waals surface area contributed by atoms with Gasteiger partial charge in [0.05, 0.1) is 7.11 Å². The molecule has 0 aromatic heterocycles. The van der Waals surface area contributed by atoms with E-state index in [0.29, 0.717) is 22.6 Å². The van der Waals surface area contributed by atoms with Crippen molar-refractivity contribution in [1.29, 1.82) is 5.26 Å². The monoisotopic (exact) mass is 382 g/mol. The summed E-state index contributed by atoms with van der Waals surface area (Å²) in [7, 11) is 1.50. The van der Waals surface area contributed by atoms with Crippen molar-refractivity contribution in [1.82, 2.24) is 5.32 Å². The first kappa shape index (κ1) is 21.0. The van der Waals surface area contributed by atoms with E-state index < -0.39 is 5.91 Å². The van der Waals surface area contributed by atoms with Gasteiger partial charge < -0.3 is 14.8 Å². The van der Waals surface area contributed by atoms with Crippen LogP contribution in [0.1, 0.15) is 31.4 Å². The number of carbonyl (C=O) groups is 1. The van der Waals surface area contributed by atoms with Gasteiger partial charge in [0.25, 0.3) is 5.91 Å². The molecule has 2 rings (SSSR count). The van der Waals surface area contributed by atoms with Crippen LogP contribution in [0.2, 0.25) is 0 Å². The maximum atomic E-state index is 13.3. The van der Waals surface area contributed by atoms with Gasteiger partial charge >= 0.3 is 0 Å². The molecule has 0 saturated carbocycles. The van der Waals surface area contributed by atoms with E-state index >= 15 is 0 Å². The fourth-order valence-electron chi connectivity index (χ4n) is 2.40. The topological polar surface area (TPSA) is 71.4 Å². The van der Waals surface area contributed by atoms with Crippen molar-refractivity contribution in [2.75, 3.05) is 7.11 Å². The highest BCUT2D eigenvalue weighted by molar-refractivity contribution is 6.01. The largest absolute Gasteiger partial charge is 0.493 e. The molecule has 1 N–H and O–H groups in total. The number of methoxy groups -OCH3 is 1. The number of amides is 1. The van der Waals surface area contributed by atoms with Crippen molar-refractivity contribution in [3.05, 3.63) is 65.0 Å². The van der Waals surface area contributed by atoms with Gasteiger partial charge in [-0.25, -0.2) is 4.39 Å². The van der Waals surface area contributed by atoms with Gasteiger partial charge in [-0.05, 0) is 54.8 Å². The van der Waals surface area contributed by atoms with Crippen LogP contribution in [0, 0.1) is 17.1 Å². The Balaban J connectivity index is 2.17. The van der Waals surface area contributed by atoms with Crippen LogP contribution in [0.4, 0.5) is 4.39 Å². The number of nitrogens with zero attached hydrogens (tertiary/aromatic N) is 1. The fraction of sp³-hybridized carbons (Fsp3) is 0.273. The Morgan fingerprint density at radius 2 is 2.07 bits per heavy atom. The number of halogens is 1. The van der Waals surface area contributed by atoms with Crippen molar-refractivity contribution < 1.29 is 18.7 Å². The van der Waals surface area contributed by atoms with Crippen LogP contribution in [-0.4, -0.2) is 19.1 Å². The summed E-state index contributed by atoms with van der Waals surface area (Å²) in [6, 6.07) is 13.1. The molecule has 6 heteroatoms. The number of benzene rings is 2. The lowest BCUT2D eigenvalue weighted by Gasteiger charge is -2.12. The van der Waals surface area contributed by atoms with Crippen molar-refractivity contribution in [3.63, 3.8) is 0 Å². The van der Waals surface area contributed by atoms with Crippen LogP contribution in [0.3, 0.4) is 0 Å². The van der Waals surface area contributed by atoms with E-state index in [1.165, 1.54) is 25.3 Å². The molecule has 28 heavy (non-hydrogen) atoms. The van der Waals surface area contributed by atoms with Crippen LogP contribution in [0.15, 0.2) is 48.0 Å². The molecule has 1 amide bonds. The van der Waals surface area contributed by atoms with E-state index in [0.717, 1.165) is 6.42 Å². The van der Waals surface area contributed by atoms with E-state index in [4.69, 9.17) is 9.47 Å². The Hall–Kier alpha value is -3.33. The third kappa shape index (κ3) is 5.85. The molecule has 2 aromatic rings. The van der Waals surface area contributed by atoms with E-state index in [2.05, 4.69) is 5.32 Å². The molecule has 0 fully saturated rings. The van der Waals surface area contributed by atoms with Crippen molar-refractivity contribution in [2.45, 2.75) is 32.9 Å². The summed E-state index contributed by atoms with van der Waals surface area (Å²) in [5.41, 5.74) is 1.33. The Morgan fingerprint density at radius 3 is 2.71 bits per heavy atom. The predicted molar refractivity (Wildman–Crippen MR) is 105 cm³/mol. The summed E-state index contributed by atoms with van der Waals surface area (Å²) in [6.45, 7) is 4.01. The van der Waals surface area contributed by atoms with Crippen LogP contribution in [-0.2, 0) is 11.4 Å². The SMILES string of the molecule is CC[C@H](C)NC(=O)/C(C#N)=C/c1ccc(OCc2cccc(F)c2)c(OC)c1. The molecule has 0 bridgehead atoms. The molecule has 0 heterocycles. The quantitative estimate of drug-likeness (QED) is 0.548. The molecule has 1 atom stereocenters. The molecule has 0 saturated heterocycles. The Morgan fingerprint density at radius 1 is 1.29 bits per heavy atom. The normalized spacial score (nSPS) is 12.0. The average molecular weight is 382 g/mol. The number of ether oxygens (including phenoxy) is 2. The molecule has 5 nitrogen and oxygen atoms in total. The van der Waals surface area contributed by atoms with Crippen LogP contribution in [0.25, 0.3) is 6.08 Å². The van der Waals surface area contributed by atoms with Crippen molar-refractivity contribution in [2.24, 2.45) is 0 Å². The predicted octanol–water partition coefficient (Wildman–Crippen LogP) is 4.23. The molecule has 0 radical (unpaired) electrons. The number of nitrogens with one attached hydrogen (secondary N) is 1. The Kier molecular flexibility index (Phi) is 7.58. The molecule has 146 valence electrons. The third-order valence-corrected chi connectivity index (χ3v) is 4.14. The summed E-state index contributed by atoms with van der Waals surface area (Å²) in [6.07, 6.45) is 2.27. The van der Waals surface area contributed by atoms with Gasteiger partial charge in [0.2, 0.25) is 0 Å². The van der Waals surface area contributed by atoms with Gasteiger partial charge in [-0.15, -0.1) is 0 Å². The lowest BCUT2D eigenvalue weighted by atomic mass is 10.1. The minimum absolute atomic E-state index is 0.00998. The summed E-state index contributed by atoms with van der Waals surface area (Å²) in [5, 5.41) is 12.1. The van der Waals surface area contributed by atoms with E-state index in [1.54, 1.807) is 30.3 Å². The van der Waals surface area contributed by atoms with E-state index in [1.807, 2.05) is 19.9 Å². The van der Waals surface area contributed by atoms with Crippen LogP contribution >= 0.6 is 0 Å². The first-order valence-corrected chi connectivity index (χ1v) is 8.94. The van der Waals surface area contributed by atoms with Gasteiger partial charge in [-0.2, -0.15) is 5.26 Å². The molecular formula is C22H23FN2O3. The number of rotatable bonds is 8. The Labute approximate surface area is 164 Å². The van der Waals surface area contributed by atoms with Crippen LogP contribution < -0.4 is 14.8 Å². The van der Waals surface area contributed by atoms with Crippen molar-refractivity contribution >= 4 is 12.0 Å². The van der Waals surface area contributed by atoms with Crippen LogP contribution in [0.5, 0.6) is 11.5 Å². The molecule has 0 aliphatic rings. The minimum Gasteiger partial charge on any atom is -0.493 e. The van der Waals surface area contributed by atoms with Gasteiger partial charge in [0.1, 0.15) is 24.1 Å². The molecule has 2 aromatic carbocycles. The second kappa shape index (κ2) is 10.1. The molecule has 0 spiro atoms. The van der Waals surface area contributed by atoms with Gasteiger partial charge in [0.15, 0.2) is 11.5 Å². The van der Waals surface area contributed by atoms with Gasteiger partial charge in [-0.3, -0.25) is 4.79 Å². The summed E-state index contributed by atoms with van der Waals surface area (Å²) >= 11 is 0. The standard InChI is InChI=1S/C22H23FN2O3/c1-4-15(2)25-22(26)18(13-24)10-16-8-9-20(21(12-16)27-3)28-14-17-6-5-7-19(23)11-17/h5-12,15H,4,14H2,1-3H3,(H,25,26)/b18-10+/t15-/m0/s1. The second-order valence-corrected chi connectivity index (χ2v) is 6.28. The highest BCUT2D eigenvalue weighted by Gasteiger charge is 2.12. The highest BCUT2D eigenvalue weighted by atomic mass is 19.1. The van der Waals surface area contributed by atoms with E-state index in [-0.39, 0.29) is 24.0 Å². The zero-order chi connectivity index (χ0) is 20.5. The maximum Gasteiger partial charge on any atom is 0.262 e. The van der Waals surface area contributed by atoms with Gasteiger partial charge in [-0.1, -0.05) is 25.1 Å². The summed E-state index contributed by atoms with van der Waals surface area (Å²) in [5.74, 6) is 0.187. The minimum atomic E-state index is -0.415. The maximum absolute atomic E-state index is 13.3. The fourth-order valence-corrected chi connectivity index (χ4v) is 2.40. The lowest BCUT2D eigenvalue weighted by molar-refractivity contribution is -0.117. The smallest absolute Gasteiger partial charge is 0.262 e. The highest BCUT2D eigenvalue weighted by Crippen LogP contribution is 2.29. The average Bonchev–Trinajstić information content (AvgIpc) is 2.70. The zero-order valence-corrected chi connectivity index (χ0v) is 16.2. The van der Waals surface area contributed by atoms with Crippen molar-refractivity contribution in [3.8, 4) is 17.6 Å². The third-order valence-electron chi connectivity index (χ3n) is 4.14. The Bertz CT molecular complexity index is 903. The first-order valence-electron chi connectivity index (χ1n) is 8.94. The number of hydrogen-bond acceptors (Lipinski definition) is 4. The second-order valence-electron chi connectivity index (χ2n) is 6.28. The zero-order valence-electron chi connectivity index (χ0n) is 16.2. The first-order chi connectivity index (χ1) is 13.5. The molecule has 0 unspecified atom stereocenters. The number of nitriles is 1. The molecule has 0 aliphatic carbocycles. The van der Waals surface area contributed by atoms with Gasteiger partial charge in [0, 0.05) is 6.04 Å². The molecule has 0 aliphatic heterocycles. The number of carbonyl (C=O) groups excluding carboxylic acids is 1.